The van der Waals surface area contributed by atoms with Crippen LogP contribution in [0.15, 0.2) is 18.5 Å². The molecule has 3 heterocycles. The molecule has 7 nitrogen and oxygen atoms in total. The molecular formula is C13H21Cl2N5O2. The zero-order valence-electron chi connectivity index (χ0n) is 12.2. The van der Waals surface area contributed by atoms with Crippen LogP contribution in [0, 0.1) is 0 Å². The SMILES string of the molecule is Cl.Cl.O=C(C1COCCN1)N1CCN(c2ncccn2)CC1. The molecule has 2 saturated heterocycles. The molecule has 0 saturated carbocycles. The summed E-state index contributed by atoms with van der Waals surface area (Å²) in [6, 6.07) is 1.61. The topological polar surface area (TPSA) is 70.6 Å². The van der Waals surface area contributed by atoms with Crippen molar-refractivity contribution in [3.8, 4) is 0 Å². The first-order valence-electron chi connectivity index (χ1n) is 6.96. The standard InChI is InChI=1S/C13H19N5O2.2ClH/c19-12(11-10-20-9-4-14-11)17-5-7-18(8-6-17)13-15-2-1-3-16-13;;/h1-3,11,14H,4-10H2;2*1H. The molecule has 22 heavy (non-hydrogen) atoms. The van der Waals surface area contributed by atoms with Gasteiger partial charge in [0, 0.05) is 45.1 Å². The zero-order chi connectivity index (χ0) is 13.8. The monoisotopic (exact) mass is 349 g/mol. The molecular weight excluding hydrogens is 329 g/mol. The molecule has 0 spiro atoms. The van der Waals surface area contributed by atoms with Crippen molar-refractivity contribution in [3.05, 3.63) is 18.5 Å². The number of hydrogen-bond acceptors (Lipinski definition) is 6. The van der Waals surface area contributed by atoms with Crippen LogP contribution in [-0.2, 0) is 9.53 Å². The largest absolute Gasteiger partial charge is 0.378 e. The highest BCUT2D eigenvalue weighted by atomic mass is 35.5. The number of rotatable bonds is 2. The van der Waals surface area contributed by atoms with E-state index in [2.05, 4.69) is 20.2 Å². The molecule has 0 aromatic carbocycles. The first-order valence-corrected chi connectivity index (χ1v) is 6.96. The number of carbonyl (C=O) groups excluding carboxylic acids is 1. The second-order valence-corrected chi connectivity index (χ2v) is 4.94. The second kappa shape index (κ2) is 9.09. The molecule has 2 aliphatic heterocycles. The van der Waals surface area contributed by atoms with Gasteiger partial charge < -0.3 is 19.9 Å². The molecule has 0 bridgehead atoms. The Kier molecular flexibility index (Phi) is 7.81. The molecule has 1 N–H and O–H groups in total. The Labute approximate surface area is 142 Å². The average Bonchev–Trinajstić information content (AvgIpc) is 2.56. The number of halogens is 2. The van der Waals surface area contributed by atoms with Gasteiger partial charge in [-0.2, -0.15) is 0 Å². The summed E-state index contributed by atoms with van der Waals surface area (Å²) in [5, 5.41) is 3.20. The number of morpholine rings is 1. The van der Waals surface area contributed by atoms with E-state index in [4.69, 9.17) is 4.74 Å². The van der Waals surface area contributed by atoms with Crippen molar-refractivity contribution in [1.29, 1.82) is 0 Å². The number of carbonyl (C=O) groups is 1. The lowest BCUT2D eigenvalue weighted by Crippen LogP contribution is -2.57. The lowest BCUT2D eigenvalue weighted by molar-refractivity contribution is -0.136. The van der Waals surface area contributed by atoms with Gasteiger partial charge in [-0.3, -0.25) is 4.79 Å². The predicted octanol–water partition coefficient (Wildman–Crippen LogP) is -0.0428. The van der Waals surface area contributed by atoms with Crippen LogP contribution in [0.2, 0.25) is 0 Å². The minimum atomic E-state index is -0.191. The number of hydrogen-bond donors (Lipinski definition) is 1. The van der Waals surface area contributed by atoms with Crippen molar-refractivity contribution < 1.29 is 9.53 Å². The van der Waals surface area contributed by atoms with E-state index in [0.717, 1.165) is 25.6 Å². The van der Waals surface area contributed by atoms with Crippen LogP contribution in [0.5, 0.6) is 0 Å². The van der Waals surface area contributed by atoms with Crippen molar-refractivity contribution in [3.63, 3.8) is 0 Å². The normalized spacial score (nSPS) is 21.5. The Hall–Kier alpha value is -1.15. The zero-order valence-corrected chi connectivity index (χ0v) is 13.8. The first-order chi connectivity index (χ1) is 9.84. The van der Waals surface area contributed by atoms with Crippen LogP contribution < -0.4 is 10.2 Å². The minimum Gasteiger partial charge on any atom is -0.378 e. The molecule has 1 aromatic heterocycles. The van der Waals surface area contributed by atoms with E-state index >= 15 is 0 Å². The Bertz CT molecular complexity index is 451. The Morgan fingerprint density at radius 3 is 2.45 bits per heavy atom. The van der Waals surface area contributed by atoms with Crippen molar-refractivity contribution in [2.75, 3.05) is 50.8 Å². The van der Waals surface area contributed by atoms with Crippen molar-refractivity contribution in [2.45, 2.75) is 6.04 Å². The van der Waals surface area contributed by atoms with Crippen LogP contribution in [0.1, 0.15) is 0 Å². The number of amides is 1. The summed E-state index contributed by atoms with van der Waals surface area (Å²) in [6.45, 7) is 4.84. The van der Waals surface area contributed by atoms with Gasteiger partial charge in [0.1, 0.15) is 6.04 Å². The number of piperazine rings is 1. The van der Waals surface area contributed by atoms with Crippen molar-refractivity contribution >= 4 is 36.7 Å². The number of nitrogens with zero attached hydrogens (tertiary/aromatic N) is 4. The molecule has 0 aliphatic carbocycles. The van der Waals surface area contributed by atoms with Gasteiger partial charge in [0.25, 0.3) is 0 Å². The summed E-state index contributed by atoms with van der Waals surface area (Å²) in [6.07, 6.45) is 3.48. The van der Waals surface area contributed by atoms with E-state index in [9.17, 15) is 4.79 Å². The molecule has 2 fully saturated rings. The molecule has 1 aromatic rings. The van der Waals surface area contributed by atoms with E-state index in [-0.39, 0.29) is 36.8 Å². The first kappa shape index (κ1) is 18.9. The quantitative estimate of drug-likeness (QED) is 0.807. The molecule has 3 rings (SSSR count). The number of anilines is 1. The maximum atomic E-state index is 12.3. The van der Waals surface area contributed by atoms with Crippen molar-refractivity contribution in [1.82, 2.24) is 20.2 Å². The highest BCUT2D eigenvalue weighted by Gasteiger charge is 2.29. The second-order valence-electron chi connectivity index (χ2n) is 4.94. The highest BCUT2D eigenvalue weighted by molar-refractivity contribution is 5.85. The van der Waals surface area contributed by atoms with Gasteiger partial charge in [-0.1, -0.05) is 0 Å². The average molecular weight is 350 g/mol. The fourth-order valence-electron chi connectivity index (χ4n) is 2.53. The summed E-state index contributed by atoms with van der Waals surface area (Å²) in [4.78, 5) is 24.8. The Balaban J connectivity index is 0.00000121. The summed E-state index contributed by atoms with van der Waals surface area (Å²) >= 11 is 0. The van der Waals surface area contributed by atoms with E-state index in [1.165, 1.54) is 0 Å². The summed E-state index contributed by atoms with van der Waals surface area (Å²) in [5.41, 5.74) is 0. The molecule has 124 valence electrons. The number of nitrogens with one attached hydrogen (secondary N) is 1. The van der Waals surface area contributed by atoms with Crippen LogP contribution >= 0.6 is 24.8 Å². The molecule has 0 radical (unpaired) electrons. The molecule has 9 heteroatoms. The minimum absolute atomic E-state index is 0. The van der Waals surface area contributed by atoms with Crippen LogP contribution in [0.25, 0.3) is 0 Å². The van der Waals surface area contributed by atoms with Crippen LogP contribution in [-0.4, -0.2) is 72.8 Å². The van der Waals surface area contributed by atoms with Gasteiger partial charge in [-0.15, -0.1) is 24.8 Å². The van der Waals surface area contributed by atoms with Gasteiger partial charge in [0.2, 0.25) is 11.9 Å². The Morgan fingerprint density at radius 1 is 1.18 bits per heavy atom. The third kappa shape index (κ3) is 4.42. The van der Waals surface area contributed by atoms with Crippen LogP contribution in [0.3, 0.4) is 0 Å². The predicted molar refractivity (Wildman–Crippen MR) is 87.9 cm³/mol. The lowest BCUT2D eigenvalue weighted by atomic mass is 10.2. The van der Waals surface area contributed by atoms with E-state index < -0.39 is 0 Å². The third-order valence-corrected chi connectivity index (χ3v) is 3.65. The summed E-state index contributed by atoms with van der Waals surface area (Å²) in [7, 11) is 0. The summed E-state index contributed by atoms with van der Waals surface area (Å²) < 4.78 is 5.34. The molecule has 2 aliphatic rings. The maximum Gasteiger partial charge on any atom is 0.242 e. The lowest BCUT2D eigenvalue weighted by Gasteiger charge is -2.37. The van der Waals surface area contributed by atoms with Crippen molar-refractivity contribution in [2.24, 2.45) is 0 Å². The number of ether oxygens (including phenoxy) is 1. The fourth-order valence-corrected chi connectivity index (χ4v) is 2.53. The molecule has 1 unspecified atom stereocenters. The van der Waals surface area contributed by atoms with Gasteiger partial charge in [0.05, 0.1) is 13.2 Å². The van der Waals surface area contributed by atoms with Crippen LogP contribution in [0.4, 0.5) is 5.95 Å². The highest BCUT2D eigenvalue weighted by Crippen LogP contribution is 2.11. The smallest absolute Gasteiger partial charge is 0.242 e. The summed E-state index contributed by atoms with van der Waals surface area (Å²) in [5.74, 6) is 0.872. The number of aromatic nitrogens is 2. The third-order valence-electron chi connectivity index (χ3n) is 3.65. The van der Waals surface area contributed by atoms with E-state index in [1.54, 1.807) is 18.5 Å². The molecule has 1 atom stereocenters. The van der Waals surface area contributed by atoms with Gasteiger partial charge >= 0.3 is 0 Å². The maximum absolute atomic E-state index is 12.3. The van der Waals surface area contributed by atoms with Gasteiger partial charge in [-0.25, -0.2) is 9.97 Å². The fraction of sp³-hybridized carbons (Fsp3) is 0.615. The van der Waals surface area contributed by atoms with E-state index in [1.807, 2.05) is 4.90 Å². The Morgan fingerprint density at radius 2 is 1.86 bits per heavy atom. The van der Waals surface area contributed by atoms with E-state index in [0.29, 0.717) is 26.3 Å². The van der Waals surface area contributed by atoms with Gasteiger partial charge in [-0.05, 0) is 6.07 Å². The van der Waals surface area contributed by atoms with Gasteiger partial charge in [0.15, 0.2) is 0 Å². The molecule has 1 amide bonds.